The van der Waals surface area contributed by atoms with E-state index in [-0.39, 0.29) is 10.1 Å². The molecule has 0 aliphatic heterocycles. The van der Waals surface area contributed by atoms with Crippen molar-refractivity contribution in [3.05, 3.63) is 47.2 Å². The Balaban J connectivity index is 2.29. The summed E-state index contributed by atoms with van der Waals surface area (Å²) in [5.74, 6) is 0.0665. The Bertz CT molecular complexity index is 785. The molecule has 7 nitrogen and oxygen atoms in total. The van der Waals surface area contributed by atoms with E-state index in [2.05, 4.69) is 16.8 Å². The van der Waals surface area contributed by atoms with E-state index in [4.69, 9.17) is 13.9 Å². The maximum atomic E-state index is 11.4. The van der Waals surface area contributed by atoms with Gasteiger partial charge in [-0.05, 0) is 42.5 Å². The predicted molar refractivity (Wildman–Crippen MR) is 91.2 cm³/mol. The topological polar surface area (TPSA) is 97.5 Å². The molecule has 2 rings (SSSR count). The summed E-state index contributed by atoms with van der Waals surface area (Å²) in [4.78, 5) is 11.3. The summed E-state index contributed by atoms with van der Waals surface area (Å²) in [5.41, 5.74) is 0.609. The molecule has 8 heteroatoms. The lowest BCUT2D eigenvalue weighted by Gasteiger charge is -2.12. The smallest absolute Gasteiger partial charge is 0.281 e. The lowest BCUT2D eigenvalue weighted by Crippen LogP contribution is -2.23. The van der Waals surface area contributed by atoms with Gasteiger partial charge in [0.05, 0.1) is 12.6 Å². The summed E-state index contributed by atoms with van der Waals surface area (Å²) in [6, 6.07) is 5.10. The summed E-state index contributed by atoms with van der Waals surface area (Å²) < 4.78 is 16.2. The van der Waals surface area contributed by atoms with Crippen molar-refractivity contribution < 1.29 is 23.8 Å². The van der Waals surface area contributed by atoms with Crippen LogP contribution in [0.4, 0.5) is 0 Å². The molecular formula is C17H17N2O5S-. The summed E-state index contributed by atoms with van der Waals surface area (Å²) in [5, 5.41) is 18.9. The monoisotopic (exact) mass is 361 g/mol. The van der Waals surface area contributed by atoms with Crippen LogP contribution in [0.15, 0.2) is 45.4 Å². The SMILES string of the molecule is C=CCOc1ccc(/C=C(\Sc2nnc(C)o2)C(=O)[O-])cc1OCC. The molecule has 0 radical (unpaired) electrons. The minimum absolute atomic E-state index is 0.0640. The highest BCUT2D eigenvalue weighted by Crippen LogP contribution is 2.32. The number of nitrogens with zero attached hydrogens (tertiary/aromatic N) is 2. The van der Waals surface area contributed by atoms with Gasteiger partial charge in [-0.2, -0.15) is 0 Å². The maximum Gasteiger partial charge on any atom is 0.281 e. The Kier molecular flexibility index (Phi) is 6.64. The molecule has 1 aromatic carbocycles. The second kappa shape index (κ2) is 8.93. The van der Waals surface area contributed by atoms with Crippen LogP contribution in [0, 0.1) is 6.92 Å². The summed E-state index contributed by atoms with van der Waals surface area (Å²) in [6.07, 6.45) is 3.07. The molecule has 0 N–H and O–H groups in total. The van der Waals surface area contributed by atoms with Gasteiger partial charge in [0.25, 0.3) is 5.22 Å². The second-order valence-corrected chi connectivity index (χ2v) is 5.72. The van der Waals surface area contributed by atoms with Gasteiger partial charge < -0.3 is 23.8 Å². The van der Waals surface area contributed by atoms with Crippen molar-refractivity contribution in [3.8, 4) is 11.5 Å². The molecule has 1 aromatic heterocycles. The van der Waals surface area contributed by atoms with Gasteiger partial charge in [0, 0.05) is 11.8 Å². The Morgan fingerprint density at radius 3 is 2.76 bits per heavy atom. The fraction of sp³-hybridized carbons (Fsp3) is 0.235. The van der Waals surface area contributed by atoms with E-state index < -0.39 is 5.97 Å². The Hall–Kier alpha value is -2.74. The Labute approximate surface area is 149 Å². The third-order valence-electron chi connectivity index (χ3n) is 2.83. The van der Waals surface area contributed by atoms with Crippen molar-refractivity contribution in [2.75, 3.05) is 13.2 Å². The van der Waals surface area contributed by atoms with Gasteiger partial charge in [-0.1, -0.05) is 18.7 Å². The van der Waals surface area contributed by atoms with Crippen LogP contribution < -0.4 is 14.6 Å². The molecule has 25 heavy (non-hydrogen) atoms. The summed E-state index contributed by atoms with van der Waals surface area (Å²) in [7, 11) is 0. The number of carboxylic acids is 1. The third-order valence-corrected chi connectivity index (χ3v) is 3.67. The molecular weight excluding hydrogens is 344 g/mol. The molecule has 0 fully saturated rings. The number of aryl methyl sites for hydroxylation is 1. The van der Waals surface area contributed by atoms with E-state index in [1.54, 1.807) is 31.2 Å². The lowest BCUT2D eigenvalue weighted by atomic mass is 10.2. The van der Waals surface area contributed by atoms with Gasteiger partial charge in [-0.15, -0.1) is 10.2 Å². The third kappa shape index (κ3) is 5.39. The van der Waals surface area contributed by atoms with Crippen LogP contribution in [0.3, 0.4) is 0 Å². The first-order chi connectivity index (χ1) is 12.0. The average molecular weight is 361 g/mol. The molecule has 0 saturated heterocycles. The quantitative estimate of drug-likeness (QED) is 0.381. The van der Waals surface area contributed by atoms with Crippen LogP contribution in [0.25, 0.3) is 6.08 Å². The molecule has 0 saturated carbocycles. The predicted octanol–water partition coefficient (Wildman–Crippen LogP) is 2.22. The number of benzene rings is 1. The van der Waals surface area contributed by atoms with Crippen LogP contribution in [0.2, 0.25) is 0 Å². The zero-order valence-corrected chi connectivity index (χ0v) is 14.7. The fourth-order valence-electron chi connectivity index (χ4n) is 1.85. The average Bonchev–Trinajstić information content (AvgIpc) is 2.99. The second-order valence-electron chi connectivity index (χ2n) is 4.72. The number of ether oxygens (including phenoxy) is 2. The molecule has 0 bridgehead atoms. The fourth-order valence-corrected chi connectivity index (χ4v) is 2.56. The number of hydrogen-bond acceptors (Lipinski definition) is 8. The Morgan fingerprint density at radius 2 is 2.16 bits per heavy atom. The highest BCUT2D eigenvalue weighted by molar-refractivity contribution is 8.03. The Morgan fingerprint density at radius 1 is 1.36 bits per heavy atom. The molecule has 0 aliphatic rings. The minimum Gasteiger partial charge on any atom is -0.544 e. The van der Waals surface area contributed by atoms with Crippen LogP contribution in [0.1, 0.15) is 18.4 Å². The number of hydrogen-bond donors (Lipinski definition) is 0. The van der Waals surface area contributed by atoms with Crippen LogP contribution in [-0.4, -0.2) is 29.4 Å². The first-order valence-corrected chi connectivity index (χ1v) is 8.26. The van der Waals surface area contributed by atoms with Gasteiger partial charge in [0.1, 0.15) is 6.61 Å². The number of carboxylic acid groups (broad SMARTS) is 1. The van der Waals surface area contributed by atoms with Gasteiger partial charge in [0.15, 0.2) is 11.5 Å². The first-order valence-electron chi connectivity index (χ1n) is 7.45. The maximum absolute atomic E-state index is 11.4. The zero-order valence-electron chi connectivity index (χ0n) is 13.9. The van der Waals surface area contributed by atoms with Crippen molar-refractivity contribution in [1.29, 1.82) is 0 Å². The molecule has 0 spiro atoms. The van der Waals surface area contributed by atoms with Gasteiger partial charge in [-0.3, -0.25) is 0 Å². The largest absolute Gasteiger partial charge is 0.544 e. The lowest BCUT2D eigenvalue weighted by molar-refractivity contribution is -0.298. The molecule has 0 aliphatic carbocycles. The van der Waals surface area contributed by atoms with Crippen LogP contribution in [-0.2, 0) is 4.79 Å². The minimum atomic E-state index is -1.34. The molecule has 0 amide bonds. The number of carbonyl (C=O) groups is 1. The zero-order chi connectivity index (χ0) is 18.2. The summed E-state index contributed by atoms with van der Waals surface area (Å²) in [6.45, 7) is 7.85. The number of aromatic nitrogens is 2. The van der Waals surface area contributed by atoms with Gasteiger partial charge in [0.2, 0.25) is 5.89 Å². The summed E-state index contributed by atoms with van der Waals surface area (Å²) >= 11 is 0.823. The molecule has 0 atom stereocenters. The van der Waals surface area contributed by atoms with Crippen molar-refractivity contribution in [3.63, 3.8) is 0 Å². The molecule has 1 heterocycles. The number of thioether (sulfide) groups is 1. The van der Waals surface area contributed by atoms with Crippen LogP contribution in [0.5, 0.6) is 11.5 Å². The molecule has 132 valence electrons. The highest BCUT2D eigenvalue weighted by atomic mass is 32.2. The van der Waals surface area contributed by atoms with E-state index in [1.807, 2.05) is 6.92 Å². The van der Waals surface area contributed by atoms with E-state index in [1.165, 1.54) is 6.08 Å². The highest BCUT2D eigenvalue weighted by Gasteiger charge is 2.10. The van der Waals surface area contributed by atoms with Gasteiger partial charge in [-0.25, -0.2) is 0 Å². The van der Waals surface area contributed by atoms with E-state index in [9.17, 15) is 9.90 Å². The van der Waals surface area contributed by atoms with Crippen molar-refractivity contribution >= 4 is 23.8 Å². The van der Waals surface area contributed by atoms with E-state index in [0.717, 1.165) is 11.8 Å². The molecule has 2 aromatic rings. The van der Waals surface area contributed by atoms with Crippen LogP contribution >= 0.6 is 11.8 Å². The normalized spacial score (nSPS) is 11.2. The number of carbonyl (C=O) groups excluding carboxylic acids is 1. The standard InChI is InChI=1S/C17H18N2O5S/c1-4-8-23-13-7-6-12(9-14(13)22-5-2)10-15(16(20)21)25-17-19-18-11(3)24-17/h4,6-7,9-10H,1,5,8H2,2-3H3,(H,20,21)/p-1/b15-10-. The number of aliphatic carboxylic acids is 1. The van der Waals surface area contributed by atoms with E-state index in [0.29, 0.717) is 36.2 Å². The van der Waals surface area contributed by atoms with Gasteiger partial charge >= 0.3 is 0 Å². The van der Waals surface area contributed by atoms with Crippen molar-refractivity contribution in [1.82, 2.24) is 10.2 Å². The van der Waals surface area contributed by atoms with Crippen molar-refractivity contribution in [2.45, 2.75) is 19.1 Å². The van der Waals surface area contributed by atoms with E-state index >= 15 is 0 Å². The first kappa shape index (κ1) is 18.6. The van der Waals surface area contributed by atoms with Crippen molar-refractivity contribution in [2.24, 2.45) is 0 Å². The molecule has 0 unspecified atom stereocenters. The number of rotatable bonds is 9.